The summed E-state index contributed by atoms with van der Waals surface area (Å²) < 4.78 is 4.72. The number of thioether (sulfide) groups is 1. The molecule has 5 heteroatoms. The average Bonchev–Trinajstić information content (AvgIpc) is 2.63. The smallest absolute Gasteiger partial charge is 0.337 e. The van der Waals surface area contributed by atoms with Gasteiger partial charge in [0.1, 0.15) is 0 Å². The van der Waals surface area contributed by atoms with E-state index in [2.05, 4.69) is 12.2 Å². The molecular formula is C20H23NO3S. The molecule has 0 aliphatic rings. The average molecular weight is 357 g/mol. The van der Waals surface area contributed by atoms with Crippen molar-refractivity contribution in [1.82, 2.24) is 0 Å². The first-order valence-corrected chi connectivity index (χ1v) is 9.34. The van der Waals surface area contributed by atoms with Crippen LogP contribution in [0.3, 0.4) is 0 Å². The molecule has 0 spiro atoms. The standard InChI is InChI=1S/C20H23NO3S/c1-4-16-9-5-7-14(2)19(16)21-18(22)13-25-12-15-8-6-10-17(11-15)20(23)24-3/h5-11H,4,12-13H2,1-3H3,(H,21,22). The lowest BCUT2D eigenvalue weighted by molar-refractivity contribution is -0.113. The molecule has 0 saturated heterocycles. The van der Waals surface area contributed by atoms with Crippen LogP contribution in [0.5, 0.6) is 0 Å². The Morgan fingerprint density at radius 2 is 1.92 bits per heavy atom. The molecule has 0 aliphatic carbocycles. The van der Waals surface area contributed by atoms with Crippen molar-refractivity contribution in [2.75, 3.05) is 18.2 Å². The van der Waals surface area contributed by atoms with Crippen LogP contribution < -0.4 is 5.32 Å². The molecule has 0 heterocycles. The van der Waals surface area contributed by atoms with Crippen LogP contribution in [0.1, 0.15) is 34.0 Å². The van der Waals surface area contributed by atoms with E-state index in [1.165, 1.54) is 18.9 Å². The SMILES string of the molecule is CCc1cccc(C)c1NC(=O)CSCc1cccc(C(=O)OC)c1. The molecule has 0 aliphatic heterocycles. The van der Waals surface area contributed by atoms with Gasteiger partial charge < -0.3 is 10.1 Å². The van der Waals surface area contributed by atoms with E-state index in [9.17, 15) is 9.59 Å². The molecule has 0 bridgehead atoms. The molecule has 1 amide bonds. The van der Waals surface area contributed by atoms with Gasteiger partial charge in [0.2, 0.25) is 5.91 Å². The zero-order valence-corrected chi connectivity index (χ0v) is 15.6. The number of hydrogen-bond acceptors (Lipinski definition) is 4. The normalized spacial score (nSPS) is 10.4. The van der Waals surface area contributed by atoms with Crippen LogP contribution in [0.15, 0.2) is 42.5 Å². The summed E-state index contributed by atoms with van der Waals surface area (Å²) in [6.45, 7) is 4.08. The van der Waals surface area contributed by atoms with Gasteiger partial charge in [0, 0.05) is 11.4 Å². The third kappa shape index (κ3) is 5.36. The Labute approximate surface area is 153 Å². The number of hydrogen-bond donors (Lipinski definition) is 1. The van der Waals surface area contributed by atoms with E-state index in [1.54, 1.807) is 12.1 Å². The van der Waals surface area contributed by atoms with Gasteiger partial charge >= 0.3 is 5.97 Å². The Bertz CT molecular complexity index is 758. The summed E-state index contributed by atoms with van der Waals surface area (Å²) in [6.07, 6.45) is 0.880. The van der Waals surface area contributed by atoms with Crippen molar-refractivity contribution in [2.24, 2.45) is 0 Å². The Hall–Kier alpha value is -2.27. The van der Waals surface area contributed by atoms with Crippen molar-refractivity contribution >= 4 is 29.3 Å². The van der Waals surface area contributed by atoms with Crippen molar-refractivity contribution in [1.29, 1.82) is 0 Å². The molecule has 0 fully saturated rings. The number of methoxy groups -OCH3 is 1. The number of anilines is 1. The van der Waals surface area contributed by atoms with Gasteiger partial charge in [-0.05, 0) is 42.2 Å². The van der Waals surface area contributed by atoms with Gasteiger partial charge in [-0.25, -0.2) is 4.79 Å². The quantitative estimate of drug-likeness (QED) is 0.754. The van der Waals surface area contributed by atoms with Crippen LogP contribution in [0, 0.1) is 6.92 Å². The van der Waals surface area contributed by atoms with E-state index in [0.29, 0.717) is 17.1 Å². The maximum absolute atomic E-state index is 12.2. The van der Waals surface area contributed by atoms with E-state index < -0.39 is 0 Å². The summed E-state index contributed by atoms with van der Waals surface area (Å²) in [6, 6.07) is 13.3. The highest BCUT2D eigenvalue weighted by Crippen LogP contribution is 2.22. The molecule has 0 unspecified atom stereocenters. The zero-order chi connectivity index (χ0) is 18.2. The van der Waals surface area contributed by atoms with Gasteiger partial charge in [-0.1, -0.05) is 37.3 Å². The van der Waals surface area contributed by atoms with E-state index in [1.807, 2.05) is 37.3 Å². The first kappa shape index (κ1) is 19.1. The molecule has 2 aromatic carbocycles. The highest BCUT2D eigenvalue weighted by Gasteiger charge is 2.10. The molecule has 132 valence electrons. The number of carbonyl (C=O) groups excluding carboxylic acids is 2. The second-order valence-corrected chi connectivity index (χ2v) is 6.68. The Balaban J connectivity index is 1.90. The van der Waals surface area contributed by atoms with Crippen LogP contribution in [0.4, 0.5) is 5.69 Å². The number of esters is 1. The highest BCUT2D eigenvalue weighted by atomic mass is 32.2. The van der Waals surface area contributed by atoms with E-state index in [0.717, 1.165) is 28.8 Å². The molecule has 2 rings (SSSR count). The summed E-state index contributed by atoms with van der Waals surface area (Å²) in [5.41, 5.74) is 4.65. The summed E-state index contributed by atoms with van der Waals surface area (Å²) in [7, 11) is 1.37. The predicted molar refractivity (Wildman–Crippen MR) is 103 cm³/mol. The van der Waals surface area contributed by atoms with Crippen LogP contribution in [0.2, 0.25) is 0 Å². The van der Waals surface area contributed by atoms with Crippen LogP contribution in [-0.4, -0.2) is 24.7 Å². The largest absolute Gasteiger partial charge is 0.465 e. The minimum atomic E-state index is -0.351. The molecule has 1 N–H and O–H groups in total. The molecular weight excluding hydrogens is 334 g/mol. The van der Waals surface area contributed by atoms with Crippen LogP contribution in [-0.2, 0) is 21.7 Å². The number of benzene rings is 2. The lowest BCUT2D eigenvalue weighted by atomic mass is 10.1. The number of amides is 1. The number of carbonyl (C=O) groups is 2. The topological polar surface area (TPSA) is 55.4 Å². The van der Waals surface area contributed by atoms with E-state index >= 15 is 0 Å². The Morgan fingerprint density at radius 3 is 2.64 bits per heavy atom. The maximum Gasteiger partial charge on any atom is 0.337 e. The fourth-order valence-corrected chi connectivity index (χ4v) is 3.32. The van der Waals surface area contributed by atoms with Crippen LogP contribution >= 0.6 is 11.8 Å². The second kappa shape index (κ2) is 9.28. The van der Waals surface area contributed by atoms with Crippen molar-refractivity contribution in [3.05, 3.63) is 64.7 Å². The molecule has 0 atom stereocenters. The van der Waals surface area contributed by atoms with Gasteiger partial charge in [0.25, 0.3) is 0 Å². The summed E-state index contributed by atoms with van der Waals surface area (Å²) >= 11 is 1.52. The van der Waals surface area contributed by atoms with Crippen molar-refractivity contribution in [3.63, 3.8) is 0 Å². The summed E-state index contributed by atoms with van der Waals surface area (Å²) in [4.78, 5) is 23.8. The third-order valence-corrected chi connectivity index (χ3v) is 4.86. The number of para-hydroxylation sites is 1. The van der Waals surface area contributed by atoms with Gasteiger partial charge in [0.15, 0.2) is 0 Å². The third-order valence-electron chi connectivity index (χ3n) is 3.85. The molecule has 2 aromatic rings. The first-order chi connectivity index (χ1) is 12.0. The lowest BCUT2D eigenvalue weighted by Gasteiger charge is -2.13. The minimum absolute atomic E-state index is 0.0156. The lowest BCUT2D eigenvalue weighted by Crippen LogP contribution is -2.16. The second-order valence-electron chi connectivity index (χ2n) is 5.70. The first-order valence-electron chi connectivity index (χ1n) is 8.18. The minimum Gasteiger partial charge on any atom is -0.465 e. The fraction of sp³-hybridized carbons (Fsp3) is 0.300. The maximum atomic E-state index is 12.2. The highest BCUT2D eigenvalue weighted by molar-refractivity contribution is 7.99. The number of ether oxygens (including phenoxy) is 1. The molecule has 4 nitrogen and oxygen atoms in total. The summed E-state index contributed by atoms with van der Waals surface area (Å²) in [5.74, 6) is 0.654. The van der Waals surface area contributed by atoms with Gasteiger partial charge in [-0.3, -0.25) is 4.79 Å². The van der Waals surface area contributed by atoms with Crippen molar-refractivity contribution in [2.45, 2.75) is 26.0 Å². The number of rotatable bonds is 7. The van der Waals surface area contributed by atoms with E-state index in [-0.39, 0.29) is 11.9 Å². The van der Waals surface area contributed by atoms with Gasteiger partial charge in [0.05, 0.1) is 18.4 Å². The predicted octanol–water partition coefficient (Wildman–Crippen LogP) is 4.22. The Morgan fingerprint density at radius 1 is 1.16 bits per heavy atom. The molecule has 25 heavy (non-hydrogen) atoms. The monoisotopic (exact) mass is 357 g/mol. The van der Waals surface area contributed by atoms with Crippen molar-refractivity contribution in [3.8, 4) is 0 Å². The van der Waals surface area contributed by atoms with Crippen LogP contribution in [0.25, 0.3) is 0 Å². The molecule has 0 radical (unpaired) electrons. The van der Waals surface area contributed by atoms with Gasteiger partial charge in [-0.15, -0.1) is 11.8 Å². The molecule has 0 saturated carbocycles. The number of nitrogens with one attached hydrogen (secondary N) is 1. The zero-order valence-electron chi connectivity index (χ0n) is 14.8. The molecule has 0 aromatic heterocycles. The fourth-order valence-electron chi connectivity index (χ4n) is 2.55. The van der Waals surface area contributed by atoms with Gasteiger partial charge in [-0.2, -0.15) is 0 Å². The Kier molecular flexibility index (Phi) is 7.07. The van der Waals surface area contributed by atoms with E-state index in [4.69, 9.17) is 4.74 Å². The summed E-state index contributed by atoms with van der Waals surface area (Å²) in [5, 5.41) is 3.02. The van der Waals surface area contributed by atoms with Crippen molar-refractivity contribution < 1.29 is 14.3 Å². The number of aryl methyl sites for hydroxylation is 2.